The molecule has 0 spiro atoms. The first-order valence-electron chi connectivity index (χ1n) is 5.44. The molecule has 2 heterocycles. The van der Waals surface area contributed by atoms with Crippen molar-refractivity contribution < 1.29 is 0 Å². The largest absolute Gasteiger partial charge is 0.296 e. The summed E-state index contributed by atoms with van der Waals surface area (Å²) in [4.78, 5) is 4.31. The van der Waals surface area contributed by atoms with Gasteiger partial charge < -0.3 is 0 Å². The van der Waals surface area contributed by atoms with Crippen LogP contribution in [0.25, 0.3) is 11.5 Å². The Labute approximate surface area is 98.3 Å². The van der Waals surface area contributed by atoms with Crippen LogP contribution in [0, 0.1) is 4.77 Å². The van der Waals surface area contributed by atoms with E-state index in [-0.39, 0.29) is 0 Å². The maximum Gasteiger partial charge on any atom is 0.195 e. The molecule has 0 aromatic carbocycles. The lowest BCUT2D eigenvalue weighted by Gasteiger charge is -2.27. The summed E-state index contributed by atoms with van der Waals surface area (Å²) in [6.45, 7) is 0. The third-order valence-corrected chi connectivity index (χ3v) is 3.33. The van der Waals surface area contributed by atoms with Crippen LogP contribution < -0.4 is 0 Å². The second kappa shape index (κ2) is 3.83. The molecule has 0 saturated heterocycles. The molecule has 2 aromatic heterocycles. The van der Waals surface area contributed by atoms with Gasteiger partial charge in [0.2, 0.25) is 0 Å². The number of H-pyrrole nitrogens is 1. The van der Waals surface area contributed by atoms with Crippen molar-refractivity contribution in [3.05, 3.63) is 29.2 Å². The Morgan fingerprint density at radius 3 is 2.88 bits per heavy atom. The van der Waals surface area contributed by atoms with E-state index in [4.69, 9.17) is 12.2 Å². The summed E-state index contributed by atoms with van der Waals surface area (Å²) in [5.41, 5.74) is 0.877. The summed E-state index contributed by atoms with van der Waals surface area (Å²) in [6, 6.07) is 6.33. The molecule has 4 nitrogen and oxygen atoms in total. The maximum atomic E-state index is 5.27. The highest BCUT2D eigenvalue weighted by Gasteiger charge is 2.24. The second-order valence-electron chi connectivity index (χ2n) is 4.02. The van der Waals surface area contributed by atoms with Crippen LogP contribution in [0.1, 0.15) is 25.3 Å². The summed E-state index contributed by atoms with van der Waals surface area (Å²) in [5.74, 6) is 0.857. The molecule has 0 unspecified atom stereocenters. The number of nitrogens with one attached hydrogen (secondary N) is 1. The Balaban J connectivity index is 2.11. The number of aromatic nitrogens is 4. The zero-order valence-electron chi connectivity index (χ0n) is 8.76. The highest BCUT2D eigenvalue weighted by Crippen LogP contribution is 2.34. The molecular weight excluding hydrogens is 220 g/mol. The number of aromatic amines is 1. The fraction of sp³-hybridized carbons (Fsp3) is 0.364. The number of pyridine rings is 1. The SMILES string of the molecule is S=c1[nH]nc(-c2ccccn2)n1C1CCC1. The topological polar surface area (TPSA) is 46.5 Å². The average molecular weight is 232 g/mol. The van der Waals surface area contributed by atoms with Crippen molar-refractivity contribution in [2.75, 3.05) is 0 Å². The molecule has 1 N–H and O–H groups in total. The standard InChI is InChI=1S/C11H12N4S/c16-11-14-13-10(9-6-1-2-7-12-9)15(11)8-4-3-5-8/h1-2,6-8H,3-5H2,(H,14,16). The third-order valence-electron chi connectivity index (χ3n) is 3.04. The zero-order valence-corrected chi connectivity index (χ0v) is 9.57. The van der Waals surface area contributed by atoms with Crippen molar-refractivity contribution in [2.45, 2.75) is 25.3 Å². The van der Waals surface area contributed by atoms with Crippen molar-refractivity contribution in [3.8, 4) is 11.5 Å². The van der Waals surface area contributed by atoms with Gasteiger partial charge in [-0.2, -0.15) is 5.10 Å². The van der Waals surface area contributed by atoms with Crippen LogP contribution in [-0.4, -0.2) is 19.7 Å². The molecule has 0 aliphatic heterocycles. The monoisotopic (exact) mass is 232 g/mol. The molecule has 0 bridgehead atoms. The van der Waals surface area contributed by atoms with E-state index in [0.29, 0.717) is 10.8 Å². The maximum absolute atomic E-state index is 5.27. The van der Waals surface area contributed by atoms with E-state index in [9.17, 15) is 0 Å². The Bertz CT molecular complexity index is 539. The molecule has 1 fully saturated rings. The van der Waals surface area contributed by atoms with E-state index >= 15 is 0 Å². The minimum absolute atomic E-state index is 0.503. The van der Waals surface area contributed by atoms with Gasteiger partial charge in [-0.05, 0) is 43.6 Å². The van der Waals surface area contributed by atoms with Gasteiger partial charge in [-0.25, -0.2) is 0 Å². The third kappa shape index (κ3) is 1.48. The minimum Gasteiger partial charge on any atom is -0.296 e. The van der Waals surface area contributed by atoms with E-state index in [1.165, 1.54) is 19.3 Å². The Morgan fingerprint density at radius 2 is 2.25 bits per heavy atom. The summed E-state index contributed by atoms with van der Waals surface area (Å²) < 4.78 is 2.80. The van der Waals surface area contributed by atoms with Crippen LogP contribution in [0.4, 0.5) is 0 Å². The van der Waals surface area contributed by atoms with Crippen LogP contribution in [0.2, 0.25) is 0 Å². The van der Waals surface area contributed by atoms with Gasteiger partial charge >= 0.3 is 0 Å². The lowest BCUT2D eigenvalue weighted by molar-refractivity contribution is 0.313. The molecule has 5 heteroatoms. The van der Waals surface area contributed by atoms with Crippen LogP contribution in [-0.2, 0) is 0 Å². The van der Waals surface area contributed by atoms with Crippen molar-refractivity contribution in [2.24, 2.45) is 0 Å². The van der Waals surface area contributed by atoms with E-state index in [1.807, 2.05) is 18.2 Å². The Hall–Kier alpha value is -1.49. The molecule has 0 atom stereocenters. The van der Waals surface area contributed by atoms with Gasteiger partial charge in [0, 0.05) is 12.2 Å². The molecule has 0 radical (unpaired) electrons. The minimum atomic E-state index is 0.503. The first-order valence-corrected chi connectivity index (χ1v) is 5.85. The number of hydrogen-bond donors (Lipinski definition) is 1. The van der Waals surface area contributed by atoms with Crippen LogP contribution >= 0.6 is 12.2 Å². The average Bonchev–Trinajstić information content (AvgIpc) is 2.60. The smallest absolute Gasteiger partial charge is 0.195 e. The van der Waals surface area contributed by atoms with Gasteiger partial charge in [0.05, 0.1) is 0 Å². The number of hydrogen-bond acceptors (Lipinski definition) is 3. The molecule has 82 valence electrons. The van der Waals surface area contributed by atoms with Crippen LogP contribution in [0.5, 0.6) is 0 Å². The van der Waals surface area contributed by atoms with E-state index in [2.05, 4.69) is 19.7 Å². The predicted molar refractivity (Wildman–Crippen MR) is 63.5 cm³/mol. The predicted octanol–water partition coefficient (Wildman–Crippen LogP) is 2.73. The van der Waals surface area contributed by atoms with E-state index in [0.717, 1.165) is 11.5 Å². The van der Waals surface area contributed by atoms with E-state index in [1.54, 1.807) is 6.20 Å². The fourth-order valence-corrected chi connectivity index (χ4v) is 2.25. The molecular formula is C11H12N4S. The zero-order chi connectivity index (χ0) is 11.0. The molecule has 2 aromatic rings. The number of rotatable bonds is 2. The van der Waals surface area contributed by atoms with Gasteiger partial charge in [0.25, 0.3) is 0 Å². The lowest BCUT2D eigenvalue weighted by Crippen LogP contribution is -2.18. The number of nitrogens with zero attached hydrogens (tertiary/aromatic N) is 3. The first kappa shape index (κ1) is 9.72. The summed E-state index contributed by atoms with van der Waals surface area (Å²) in [7, 11) is 0. The van der Waals surface area contributed by atoms with Crippen molar-refractivity contribution in [1.29, 1.82) is 0 Å². The molecule has 1 aliphatic carbocycles. The molecule has 16 heavy (non-hydrogen) atoms. The van der Waals surface area contributed by atoms with Gasteiger partial charge in [0.15, 0.2) is 10.6 Å². The molecule has 1 saturated carbocycles. The van der Waals surface area contributed by atoms with Crippen molar-refractivity contribution in [1.82, 2.24) is 19.7 Å². The quantitative estimate of drug-likeness (QED) is 0.810. The van der Waals surface area contributed by atoms with Crippen LogP contribution in [0.15, 0.2) is 24.4 Å². The van der Waals surface area contributed by atoms with E-state index < -0.39 is 0 Å². The van der Waals surface area contributed by atoms with Gasteiger partial charge in [-0.15, -0.1) is 0 Å². The van der Waals surface area contributed by atoms with Gasteiger partial charge in [-0.3, -0.25) is 14.6 Å². The van der Waals surface area contributed by atoms with Crippen molar-refractivity contribution >= 4 is 12.2 Å². The summed E-state index contributed by atoms with van der Waals surface area (Å²) in [5, 5.41) is 7.13. The molecule has 1 aliphatic rings. The first-order chi connectivity index (χ1) is 7.86. The van der Waals surface area contributed by atoms with Crippen molar-refractivity contribution in [3.63, 3.8) is 0 Å². The molecule has 3 rings (SSSR count). The second-order valence-corrected chi connectivity index (χ2v) is 4.41. The lowest BCUT2D eigenvalue weighted by atomic mass is 9.93. The molecule has 0 amide bonds. The van der Waals surface area contributed by atoms with Gasteiger partial charge in [-0.1, -0.05) is 6.07 Å². The highest BCUT2D eigenvalue weighted by atomic mass is 32.1. The Kier molecular flexibility index (Phi) is 2.32. The summed E-state index contributed by atoms with van der Waals surface area (Å²) >= 11 is 5.27. The Morgan fingerprint density at radius 1 is 1.38 bits per heavy atom. The normalized spacial score (nSPS) is 16.0. The fourth-order valence-electron chi connectivity index (χ4n) is 1.96. The highest BCUT2D eigenvalue weighted by molar-refractivity contribution is 7.71. The summed E-state index contributed by atoms with van der Waals surface area (Å²) in [6.07, 6.45) is 5.43. The van der Waals surface area contributed by atoms with Crippen LogP contribution in [0.3, 0.4) is 0 Å². The van der Waals surface area contributed by atoms with Gasteiger partial charge in [0.1, 0.15) is 5.69 Å².